The van der Waals surface area contributed by atoms with Crippen molar-refractivity contribution in [2.45, 2.75) is 32.5 Å². The van der Waals surface area contributed by atoms with E-state index in [0.29, 0.717) is 0 Å². The molecule has 0 aromatic rings. The Balaban J connectivity index is 2.48. The Morgan fingerprint density at radius 1 is 1.46 bits per heavy atom. The summed E-state index contributed by atoms with van der Waals surface area (Å²) in [5.74, 6) is -0.892. The maximum Gasteiger partial charge on any atom is 0.314 e. The van der Waals surface area contributed by atoms with E-state index in [-0.39, 0.29) is 19.2 Å². The van der Waals surface area contributed by atoms with Crippen molar-refractivity contribution < 1.29 is 19.4 Å². The molecule has 1 N–H and O–H groups in total. The van der Waals surface area contributed by atoms with Crippen LogP contribution in [0.2, 0.25) is 0 Å². The smallest absolute Gasteiger partial charge is 0.314 e. The first-order valence-electron chi connectivity index (χ1n) is 4.39. The molecular weight excluding hydrogens is 172 g/mol. The number of aliphatic hydroxyl groups is 1. The molecule has 1 aliphatic rings. The number of aliphatic hydroxyl groups excluding tert-OH is 1. The maximum atomic E-state index is 11.4. The van der Waals surface area contributed by atoms with E-state index in [1.807, 2.05) is 0 Å². The lowest BCUT2D eigenvalue weighted by Gasteiger charge is -2.22. The molecule has 0 amide bonds. The second kappa shape index (κ2) is 3.64. The maximum absolute atomic E-state index is 11.4. The van der Waals surface area contributed by atoms with E-state index in [0.717, 1.165) is 0 Å². The largest absolute Gasteiger partial charge is 0.460 e. The highest BCUT2D eigenvalue weighted by atomic mass is 16.6. The van der Waals surface area contributed by atoms with Crippen molar-refractivity contribution in [2.24, 2.45) is 5.92 Å². The van der Waals surface area contributed by atoms with Crippen LogP contribution in [-0.2, 0) is 14.3 Å². The van der Waals surface area contributed by atoms with Gasteiger partial charge in [0.25, 0.3) is 0 Å². The van der Waals surface area contributed by atoms with Crippen molar-refractivity contribution in [1.82, 2.24) is 0 Å². The number of ether oxygens (including phenoxy) is 2. The van der Waals surface area contributed by atoms with E-state index in [2.05, 4.69) is 0 Å². The van der Waals surface area contributed by atoms with Crippen molar-refractivity contribution in [3.05, 3.63) is 0 Å². The van der Waals surface area contributed by atoms with Gasteiger partial charge in [-0.25, -0.2) is 0 Å². The van der Waals surface area contributed by atoms with Crippen LogP contribution in [0.15, 0.2) is 0 Å². The van der Waals surface area contributed by atoms with Crippen LogP contribution in [0.5, 0.6) is 0 Å². The Bertz CT molecular complexity index is 194. The third kappa shape index (κ3) is 2.97. The van der Waals surface area contributed by atoms with E-state index in [4.69, 9.17) is 9.47 Å². The molecule has 0 bridgehead atoms. The first-order chi connectivity index (χ1) is 5.90. The zero-order valence-corrected chi connectivity index (χ0v) is 8.24. The van der Waals surface area contributed by atoms with Gasteiger partial charge in [-0.05, 0) is 20.8 Å². The van der Waals surface area contributed by atoms with Gasteiger partial charge in [-0.15, -0.1) is 0 Å². The number of esters is 1. The van der Waals surface area contributed by atoms with Gasteiger partial charge in [0.2, 0.25) is 0 Å². The molecule has 0 spiro atoms. The molecule has 4 nitrogen and oxygen atoms in total. The van der Waals surface area contributed by atoms with Crippen molar-refractivity contribution in [3.8, 4) is 0 Å². The second-order valence-corrected chi connectivity index (χ2v) is 4.24. The zero-order valence-electron chi connectivity index (χ0n) is 8.24. The molecule has 0 unspecified atom stereocenters. The molecule has 2 atom stereocenters. The summed E-state index contributed by atoms with van der Waals surface area (Å²) in [7, 11) is 0. The highest BCUT2D eigenvalue weighted by Gasteiger charge is 2.35. The molecule has 0 aliphatic carbocycles. The van der Waals surface area contributed by atoms with Crippen molar-refractivity contribution in [2.75, 3.05) is 13.2 Å². The van der Waals surface area contributed by atoms with Gasteiger partial charge in [0.15, 0.2) is 0 Å². The first kappa shape index (κ1) is 10.5. The molecule has 0 saturated carbocycles. The third-order valence-electron chi connectivity index (χ3n) is 1.76. The molecule has 4 heteroatoms. The average Bonchev–Trinajstić information content (AvgIpc) is 2.30. The van der Waals surface area contributed by atoms with Gasteiger partial charge in [0.05, 0.1) is 19.3 Å². The Morgan fingerprint density at radius 3 is 2.46 bits per heavy atom. The fraction of sp³-hybridized carbons (Fsp3) is 0.889. The minimum absolute atomic E-state index is 0.226. The van der Waals surface area contributed by atoms with Crippen molar-refractivity contribution in [3.63, 3.8) is 0 Å². The molecule has 13 heavy (non-hydrogen) atoms. The van der Waals surface area contributed by atoms with Crippen LogP contribution in [0.1, 0.15) is 20.8 Å². The van der Waals surface area contributed by atoms with E-state index in [9.17, 15) is 9.90 Å². The van der Waals surface area contributed by atoms with Crippen LogP contribution in [0.4, 0.5) is 0 Å². The van der Waals surface area contributed by atoms with Crippen molar-refractivity contribution in [1.29, 1.82) is 0 Å². The van der Waals surface area contributed by atoms with Crippen LogP contribution < -0.4 is 0 Å². The predicted molar refractivity (Wildman–Crippen MR) is 46.2 cm³/mol. The highest BCUT2D eigenvalue weighted by Crippen LogP contribution is 2.18. The molecule has 0 aromatic carbocycles. The van der Waals surface area contributed by atoms with Crippen LogP contribution in [0.25, 0.3) is 0 Å². The van der Waals surface area contributed by atoms with Gasteiger partial charge in [-0.2, -0.15) is 0 Å². The van der Waals surface area contributed by atoms with Crippen LogP contribution >= 0.6 is 0 Å². The van der Waals surface area contributed by atoms with E-state index in [1.54, 1.807) is 20.8 Å². The van der Waals surface area contributed by atoms with E-state index < -0.39 is 17.6 Å². The molecule has 0 aromatic heterocycles. The van der Waals surface area contributed by atoms with Crippen LogP contribution in [0, 0.1) is 5.92 Å². The number of carbonyl (C=O) groups is 1. The Kier molecular flexibility index (Phi) is 2.93. The Labute approximate surface area is 77.8 Å². The molecular formula is C9H16O4. The second-order valence-electron chi connectivity index (χ2n) is 4.24. The molecule has 1 fully saturated rings. The number of rotatable bonds is 1. The fourth-order valence-electron chi connectivity index (χ4n) is 1.15. The lowest BCUT2D eigenvalue weighted by Crippen LogP contribution is -2.34. The molecule has 1 aliphatic heterocycles. The minimum atomic E-state index is -0.713. The molecule has 1 heterocycles. The predicted octanol–water partition coefficient (Wildman–Crippen LogP) is 0.335. The molecule has 1 rings (SSSR count). The van der Waals surface area contributed by atoms with Gasteiger partial charge < -0.3 is 14.6 Å². The lowest BCUT2D eigenvalue weighted by atomic mass is 10.1. The molecule has 1 saturated heterocycles. The summed E-state index contributed by atoms with van der Waals surface area (Å²) in [6, 6.07) is 0. The molecule has 76 valence electrons. The van der Waals surface area contributed by atoms with Gasteiger partial charge in [-0.3, -0.25) is 4.79 Å². The SMILES string of the molecule is CC(C)(C)OC(=O)[C@H]1COC[C@@H]1O. The summed E-state index contributed by atoms with van der Waals surface area (Å²) in [5, 5.41) is 9.33. The molecule has 0 radical (unpaired) electrons. The lowest BCUT2D eigenvalue weighted by molar-refractivity contribution is -0.162. The summed E-state index contributed by atoms with van der Waals surface area (Å²) < 4.78 is 10.1. The summed E-state index contributed by atoms with van der Waals surface area (Å²) in [6.45, 7) is 5.88. The average molecular weight is 188 g/mol. The summed E-state index contributed by atoms with van der Waals surface area (Å²) >= 11 is 0. The first-order valence-corrected chi connectivity index (χ1v) is 4.39. The number of hydrogen-bond donors (Lipinski definition) is 1. The van der Waals surface area contributed by atoms with Gasteiger partial charge in [0, 0.05) is 0 Å². The van der Waals surface area contributed by atoms with E-state index in [1.165, 1.54) is 0 Å². The van der Waals surface area contributed by atoms with Crippen molar-refractivity contribution >= 4 is 5.97 Å². The zero-order chi connectivity index (χ0) is 10.1. The summed E-state index contributed by atoms with van der Waals surface area (Å²) in [6.07, 6.45) is -0.713. The number of hydrogen-bond acceptors (Lipinski definition) is 4. The monoisotopic (exact) mass is 188 g/mol. The normalized spacial score (nSPS) is 28.9. The van der Waals surface area contributed by atoms with Crippen LogP contribution in [0.3, 0.4) is 0 Å². The van der Waals surface area contributed by atoms with E-state index >= 15 is 0 Å². The summed E-state index contributed by atoms with van der Waals surface area (Å²) in [4.78, 5) is 11.4. The van der Waals surface area contributed by atoms with Gasteiger partial charge in [0.1, 0.15) is 11.5 Å². The van der Waals surface area contributed by atoms with Crippen LogP contribution in [-0.4, -0.2) is 36.0 Å². The number of carbonyl (C=O) groups excluding carboxylic acids is 1. The fourth-order valence-corrected chi connectivity index (χ4v) is 1.15. The standard InChI is InChI=1S/C9H16O4/c1-9(2,3)13-8(11)6-4-12-5-7(6)10/h6-7,10H,4-5H2,1-3H3/t6-,7-/m0/s1. The quantitative estimate of drug-likeness (QED) is 0.603. The Hall–Kier alpha value is -0.610. The Morgan fingerprint density at radius 2 is 2.08 bits per heavy atom. The van der Waals surface area contributed by atoms with Gasteiger partial charge >= 0.3 is 5.97 Å². The third-order valence-corrected chi connectivity index (χ3v) is 1.76. The minimum Gasteiger partial charge on any atom is -0.460 e. The summed E-state index contributed by atoms with van der Waals surface area (Å²) in [5.41, 5.74) is -0.501. The highest BCUT2D eigenvalue weighted by molar-refractivity contribution is 5.74. The topological polar surface area (TPSA) is 55.8 Å². The van der Waals surface area contributed by atoms with Gasteiger partial charge in [-0.1, -0.05) is 0 Å².